The maximum atomic E-state index is 11.4. The highest BCUT2D eigenvalue weighted by Crippen LogP contribution is 2.37. The zero-order chi connectivity index (χ0) is 17.9. The van der Waals surface area contributed by atoms with Gasteiger partial charge in [0.25, 0.3) is 0 Å². The molecule has 2 aromatic heterocycles. The van der Waals surface area contributed by atoms with E-state index in [1.54, 1.807) is 18.4 Å². The average Bonchev–Trinajstić information content (AvgIpc) is 3.09. The Morgan fingerprint density at radius 1 is 1.31 bits per heavy atom. The number of piperidine rings is 1. The molecule has 1 aliphatic heterocycles. The number of carbonyl (C=O) groups excluding carboxylic acids is 1. The van der Waals surface area contributed by atoms with Crippen molar-refractivity contribution in [2.45, 2.75) is 25.5 Å². The molecule has 3 heterocycles. The summed E-state index contributed by atoms with van der Waals surface area (Å²) in [6.07, 6.45) is 1.33. The number of thiophene rings is 1. The van der Waals surface area contributed by atoms with E-state index in [9.17, 15) is 4.79 Å². The van der Waals surface area contributed by atoms with Gasteiger partial charge in [-0.1, -0.05) is 30.3 Å². The van der Waals surface area contributed by atoms with E-state index in [0.29, 0.717) is 25.4 Å². The van der Waals surface area contributed by atoms with Gasteiger partial charge >= 0.3 is 0 Å². The summed E-state index contributed by atoms with van der Waals surface area (Å²) in [5.74, 6) is 1.57. The molecule has 4 rings (SSSR count). The first-order chi connectivity index (χ1) is 12.7. The molecule has 7 heteroatoms. The van der Waals surface area contributed by atoms with E-state index in [0.717, 1.165) is 33.6 Å². The summed E-state index contributed by atoms with van der Waals surface area (Å²) in [4.78, 5) is 21.7. The summed E-state index contributed by atoms with van der Waals surface area (Å²) in [5, 5.41) is 9.59. The van der Waals surface area contributed by atoms with Gasteiger partial charge in [0.2, 0.25) is 5.91 Å². The van der Waals surface area contributed by atoms with Crippen LogP contribution in [0.2, 0.25) is 0 Å². The van der Waals surface area contributed by atoms with E-state index >= 15 is 0 Å². The first kappa shape index (κ1) is 16.9. The van der Waals surface area contributed by atoms with Crippen LogP contribution in [0, 0.1) is 0 Å². The number of rotatable bonds is 5. The molecular weight excluding hydrogens is 348 g/mol. The molecule has 0 bridgehead atoms. The highest BCUT2D eigenvalue weighted by atomic mass is 32.1. The number of carbonyl (C=O) groups is 1. The fourth-order valence-corrected chi connectivity index (χ4v) is 4.13. The van der Waals surface area contributed by atoms with Crippen molar-refractivity contribution in [2.24, 2.45) is 0 Å². The summed E-state index contributed by atoms with van der Waals surface area (Å²) in [5.41, 5.74) is 2.26. The molecule has 1 fully saturated rings. The highest BCUT2D eigenvalue weighted by molar-refractivity contribution is 7.17. The SMILES string of the molecule is COCc1nc(NC2CCC(=O)NC2)c2c(-c3ccccc3)csc2n1. The van der Waals surface area contributed by atoms with Gasteiger partial charge in [0.05, 0.1) is 5.39 Å². The Morgan fingerprint density at radius 2 is 2.15 bits per heavy atom. The quantitative estimate of drug-likeness (QED) is 0.723. The van der Waals surface area contributed by atoms with Gasteiger partial charge in [0.15, 0.2) is 5.82 Å². The van der Waals surface area contributed by atoms with Crippen molar-refractivity contribution in [2.75, 3.05) is 19.0 Å². The van der Waals surface area contributed by atoms with Crippen LogP contribution in [0.15, 0.2) is 35.7 Å². The van der Waals surface area contributed by atoms with Crippen molar-refractivity contribution < 1.29 is 9.53 Å². The Morgan fingerprint density at radius 3 is 2.88 bits per heavy atom. The molecule has 1 aromatic carbocycles. The number of methoxy groups -OCH3 is 1. The van der Waals surface area contributed by atoms with Crippen molar-refractivity contribution in [3.05, 3.63) is 41.5 Å². The first-order valence-corrected chi connectivity index (χ1v) is 9.48. The second-order valence-corrected chi connectivity index (χ2v) is 7.16. The minimum Gasteiger partial charge on any atom is -0.377 e. The van der Waals surface area contributed by atoms with Crippen LogP contribution in [0.3, 0.4) is 0 Å². The lowest BCUT2D eigenvalue weighted by atomic mass is 10.0. The number of ether oxygens (including phenoxy) is 1. The van der Waals surface area contributed by atoms with Crippen LogP contribution in [0.5, 0.6) is 0 Å². The summed E-state index contributed by atoms with van der Waals surface area (Å²) in [6.45, 7) is 0.972. The molecule has 0 aliphatic carbocycles. The highest BCUT2D eigenvalue weighted by Gasteiger charge is 2.21. The Kier molecular flexibility index (Phi) is 4.81. The topological polar surface area (TPSA) is 76.1 Å². The molecule has 0 saturated carbocycles. The van der Waals surface area contributed by atoms with Gasteiger partial charge in [0.1, 0.15) is 17.3 Å². The molecule has 134 valence electrons. The molecule has 2 N–H and O–H groups in total. The predicted octanol–water partition coefficient (Wildman–Crippen LogP) is 3.20. The fraction of sp³-hybridized carbons (Fsp3) is 0.316. The molecule has 0 radical (unpaired) electrons. The van der Waals surface area contributed by atoms with E-state index in [1.165, 1.54) is 0 Å². The number of aromatic nitrogens is 2. The van der Waals surface area contributed by atoms with Crippen LogP contribution >= 0.6 is 11.3 Å². The maximum absolute atomic E-state index is 11.4. The van der Waals surface area contributed by atoms with Crippen LogP contribution in [0.1, 0.15) is 18.7 Å². The zero-order valence-corrected chi connectivity index (χ0v) is 15.3. The third-order valence-electron chi connectivity index (χ3n) is 4.44. The molecular formula is C19H20N4O2S. The Balaban J connectivity index is 1.77. The summed E-state index contributed by atoms with van der Waals surface area (Å²) in [7, 11) is 1.64. The van der Waals surface area contributed by atoms with Crippen molar-refractivity contribution in [3.63, 3.8) is 0 Å². The van der Waals surface area contributed by atoms with E-state index in [1.807, 2.05) is 18.2 Å². The molecule has 0 spiro atoms. The lowest BCUT2D eigenvalue weighted by Gasteiger charge is -2.24. The van der Waals surface area contributed by atoms with E-state index in [2.05, 4.69) is 33.1 Å². The Bertz CT molecular complexity index is 916. The van der Waals surface area contributed by atoms with Crippen LogP contribution < -0.4 is 10.6 Å². The smallest absolute Gasteiger partial charge is 0.220 e. The van der Waals surface area contributed by atoms with Gasteiger partial charge in [0, 0.05) is 37.1 Å². The molecule has 1 aliphatic rings. The number of hydrogen-bond donors (Lipinski definition) is 2. The first-order valence-electron chi connectivity index (χ1n) is 8.60. The Labute approximate surface area is 155 Å². The third-order valence-corrected chi connectivity index (χ3v) is 5.32. The number of nitrogens with zero attached hydrogens (tertiary/aromatic N) is 2. The summed E-state index contributed by atoms with van der Waals surface area (Å²) < 4.78 is 5.22. The van der Waals surface area contributed by atoms with Gasteiger partial charge in [-0.15, -0.1) is 11.3 Å². The monoisotopic (exact) mass is 368 g/mol. The maximum Gasteiger partial charge on any atom is 0.220 e. The van der Waals surface area contributed by atoms with E-state index in [-0.39, 0.29) is 11.9 Å². The molecule has 1 atom stereocenters. The average molecular weight is 368 g/mol. The molecule has 26 heavy (non-hydrogen) atoms. The number of hydrogen-bond acceptors (Lipinski definition) is 6. The van der Waals surface area contributed by atoms with E-state index in [4.69, 9.17) is 9.72 Å². The molecule has 1 saturated heterocycles. The molecule has 6 nitrogen and oxygen atoms in total. The van der Waals surface area contributed by atoms with Gasteiger partial charge in [-0.05, 0) is 12.0 Å². The largest absolute Gasteiger partial charge is 0.377 e. The van der Waals surface area contributed by atoms with Gasteiger partial charge < -0.3 is 15.4 Å². The van der Waals surface area contributed by atoms with Crippen LogP contribution in [0.4, 0.5) is 5.82 Å². The standard InChI is InChI=1S/C19H20N4O2S/c1-25-10-15-22-18(21-13-7-8-16(24)20-9-13)17-14(11-26-19(17)23-15)12-5-3-2-4-6-12/h2-6,11,13H,7-10H2,1H3,(H,20,24)(H,21,22,23). The van der Waals surface area contributed by atoms with Gasteiger partial charge in [-0.25, -0.2) is 9.97 Å². The van der Waals surface area contributed by atoms with Crippen molar-refractivity contribution in [1.29, 1.82) is 0 Å². The lowest BCUT2D eigenvalue weighted by Crippen LogP contribution is -2.42. The molecule has 1 unspecified atom stereocenters. The van der Waals surface area contributed by atoms with Gasteiger partial charge in [-0.2, -0.15) is 0 Å². The predicted molar refractivity (Wildman–Crippen MR) is 103 cm³/mol. The second kappa shape index (κ2) is 7.39. The van der Waals surface area contributed by atoms with Crippen LogP contribution in [0.25, 0.3) is 21.3 Å². The lowest BCUT2D eigenvalue weighted by molar-refractivity contribution is -0.122. The summed E-state index contributed by atoms with van der Waals surface area (Å²) >= 11 is 1.61. The minimum atomic E-state index is 0.108. The van der Waals surface area contributed by atoms with E-state index < -0.39 is 0 Å². The van der Waals surface area contributed by atoms with Crippen molar-refractivity contribution in [1.82, 2.24) is 15.3 Å². The third kappa shape index (κ3) is 3.40. The van der Waals surface area contributed by atoms with Crippen molar-refractivity contribution >= 4 is 33.3 Å². The number of nitrogens with one attached hydrogen (secondary N) is 2. The summed E-state index contributed by atoms with van der Waals surface area (Å²) in [6, 6.07) is 10.4. The minimum absolute atomic E-state index is 0.108. The number of amides is 1. The molecule has 3 aromatic rings. The van der Waals surface area contributed by atoms with Crippen LogP contribution in [-0.2, 0) is 16.1 Å². The number of benzene rings is 1. The molecule has 1 amide bonds. The van der Waals surface area contributed by atoms with Crippen molar-refractivity contribution in [3.8, 4) is 11.1 Å². The van der Waals surface area contributed by atoms with Gasteiger partial charge in [-0.3, -0.25) is 4.79 Å². The Hall–Kier alpha value is -2.51. The van der Waals surface area contributed by atoms with Crippen LogP contribution in [-0.4, -0.2) is 35.6 Å². The number of anilines is 1. The second-order valence-electron chi connectivity index (χ2n) is 6.30. The number of fused-ring (bicyclic) bond motifs is 1. The normalized spacial score (nSPS) is 17.3. The zero-order valence-electron chi connectivity index (χ0n) is 14.5. The fourth-order valence-electron chi connectivity index (χ4n) is 3.16.